The van der Waals surface area contributed by atoms with Gasteiger partial charge in [-0.25, -0.2) is 8.42 Å². The Morgan fingerprint density at radius 1 is 1.03 bits per heavy atom. The first-order valence-electron chi connectivity index (χ1n) is 10.7. The molecule has 0 bridgehead atoms. The maximum Gasteiger partial charge on any atom is 0.194 e. The Balaban J connectivity index is 1.55. The number of nitrogens with one attached hydrogen (secondary N) is 1. The molecule has 0 radical (unpaired) electrons. The fourth-order valence-corrected chi connectivity index (χ4v) is 4.98. The molecule has 7 nitrogen and oxygen atoms in total. The van der Waals surface area contributed by atoms with Gasteiger partial charge in [-0.05, 0) is 37.6 Å². The van der Waals surface area contributed by atoms with Crippen LogP contribution >= 0.6 is 0 Å². The van der Waals surface area contributed by atoms with E-state index in [9.17, 15) is 8.42 Å². The predicted molar refractivity (Wildman–Crippen MR) is 126 cm³/mol. The van der Waals surface area contributed by atoms with Gasteiger partial charge in [0.1, 0.15) is 5.75 Å². The summed E-state index contributed by atoms with van der Waals surface area (Å²) >= 11 is 0. The Morgan fingerprint density at radius 3 is 2.39 bits per heavy atom. The third-order valence-electron chi connectivity index (χ3n) is 5.28. The van der Waals surface area contributed by atoms with Crippen LogP contribution in [0, 0.1) is 0 Å². The molecule has 1 aliphatic heterocycles. The van der Waals surface area contributed by atoms with Gasteiger partial charge in [0.25, 0.3) is 0 Å². The van der Waals surface area contributed by atoms with Crippen LogP contribution in [-0.2, 0) is 9.84 Å². The molecule has 0 unspecified atom stereocenters. The number of methoxy groups -OCH3 is 1. The number of benzene rings is 2. The predicted octanol–water partition coefficient (Wildman–Crippen LogP) is 2.65. The van der Waals surface area contributed by atoms with Gasteiger partial charge in [0.2, 0.25) is 0 Å². The van der Waals surface area contributed by atoms with Gasteiger partial charge in [0, 0.05) is 39.3 Å². The molecule has 0 amide bonds. The summed E-state index contributed by atoms with van der Waals surface area (Å²) in [6.07, 6.45) is 0.493. The second-order valence-electron chi connectivity index (χ2n) is 7.37. The highest BCUT2D eigenvalue weighted by atomic mass is 32.2. The molecule has 1 N–H and O–H groups in total. The van der Waals surface area contributed by atoms with Crippen molar-refractivity contribution in [2.45, 2.75) is 18.2 Å². The van der Waals surface area contributed by atoms with Crippen molar-refractivity contribution in [2.75, 3.05) is 57.0 Å². The lowest BCUT2D eigenvalue weighted by atomic mass is 10.2. The monoisotopic (exact) mass is 444 g/mol. The first kappa shape index (κ1) is 22.9. The molecule has 0 spiro atoms. The largest absolute Gasteiger partial charge is 0.495 e. The highest BCUT2D eigenvalue weighted by Crippen LogP contribution is 2.28. The number of nitrogens with zero attached hydrogens (tertiary/aromatic N) is 3. The Bertz CT molecular complexity index is 956. The van der Waals surface area contributed by atoms with Crippen LogP contribution in [0.1, 0.15) is 13.3 Å². The summed E-state index contributed by atoms with van der Waals surface area (Å²) in [6, 6.07) is 16.7. The van der Waals surface area contributed by atoms with E-state index in [1.54, 1.807) is 31.4 Å². The van der Waals surface area contributed by atoms with Crippen LogP contribution in [-0.4, -0.2) is 71.4 Å². The lowest BCUT2D eigenvalue weighted by Gasteiger charge is -2.38. The maximum atomic E-state index is 12.4. The van der Waals surface area contributed by atoms with Crippen LogP contribution in [0.5, 0.6) is 5.75 Å². The third-order valence-corrected chi connectivity index (χ3v) is 7.09. The fourth-order valence-electron chi connectivity index (χ4n) is 3.66. The van der Waals surface area contributed by atoms with Gasteiger partial charge in [-0.1, -0.05) is 30.3 Å². The molecule has 0 saturated carbocycles. The third kappa shape index (κ3) is 6.13. The molecular weight excluding hydrogens is 412 g/mol. The van der Waals surface area contributed by atoms with Gasteiger partial charge in [0.15, 0.2) is 15.8 Å². The number of hydrogen-bond acceptors (Lipinski definition) is 5. The van der Waals surface area contributed by atoms with Crippen LogP contribution in [0.3, 0.4) is 0 Å². The minimum atomic E-state index is -3.26. The van der Waals surface area contributed by atoms with Crippen LogP contribution in [0.15, 0.2) is 64.5 Å². The number of aliphatic imine (C=N–C) groups is 1. The number of sulfone groups is 1. The number of para-hydroxylation sites is 2. The van der Waals surface area contributed by atoms with Crippen molar-refractivity contribution in [3.05, 3.63) is 54.6 Å². The van der Waals surface area contributed by atoms with Crippen LogP contribution in [0.4, 0.5) is 5.69 Å². The summed E-state index contributed by atoms with van der Waals surface area (Å²) in [5.74, 6) is 1.83. The molecular formula is C23H32N4O3S. The summed E-state index contributed by atoms with van der Waals surface area (Å²) in [5, 5.41) is 3.34. The normalized spacial score (nSPS) is 15.1. The number of rotatable bonds is 8. The standard InChI is InChI=1S/C23H32N4O3S/c1-3-24-23(25-14-9-19-31(28,29)20-10-5-4-6-11-20)27-17-15-26(16-18-27)21-12-7-8-13-22(21)30-2/h4-8,10-13H,3,9,14-19H2,1-2H3,(H,24,25). The number of guanidine groups is 1. The van der Waals surface area contributed by atoms with Gasteiger partial charge in [-0.3, -0.25) is 4.99 Å². The van der Waals surface area contributed by atoms with E-state index in [-0.39, 0.29) is 5.75 Å². The molecule has 2 aromatic carbocycles. The quantitative estimate of drug-likeness (QED) is 0.383. The minimum absolute atomic E-state index is 0.0987. The van der Waals surface area contributed by atoms with E-state index >= 15 is 0 Å². The smallest absolute Gasteiger partial charge is 0.194 e. The Labute approximate surface area is 185 Å². The highest BCUT2D eigenvalue weighted by Gasteiger charge is 2.21. The van der Waals surface area contributed by atoms with E-state index in [0.717, 1.165) is 50.1 Å². The van der Waals surface area contributed by atoms with Crippen LogP contribution in [0.25, 0.3) is 0 Å². The van der Waals surface area contributed by atoms with E-state index in [4.69, 9.17) is 4.74 Å². The van der Waals surface area contributed by atoms with Crippen molar-refractivity contribution in [1.29, 1.82) is 0 Å². The lowest BCUT2D eigenvalue weighted by molar-refractivity contribution is 0.367. The van der Waals surface area contributed by atoms with Crippen molar-refractivity contribution in [2.24, 2.45) is 4.99 Å². The summed E-state index contributed by atoms with van der Waals surface area (Å²) in [6.45, 7) is 6.70. The lowest BCUT2D eigenvalue weighted by Crippen LogP contribution is -2.52. The van der Waals surface area contributed by atoms with Crippen molar-refractivity contribution in [3.8, 4) is 5.75 Å². The van der Waals surface area contributed by atoms with Crippen molar-refractivity contribution < 1.29 is 13.2 Å². The average molecular weight is 445 g/mol. The Morgan fingerprint density at radius 2 is 1.71 bits per heavy atom. The second-order valence-corrected chi connectivity index (χ2v) is 9.48. The van der Waals surface area contributed by atoms with E-state index in [0.29, 0.717) is 17.9 Å². The molecule has 1 heterocycles. The van der Waals surface area contributed by atoms with Crippen molar-refractivity contribution in [3.63, 3.8) is 0 Å². The fraction of sp³-hybridized carbons (Fsp3) is 0.435. The van der Waals surface area contributed by atoms with E-state index in [1.165, 1.54) is 0 Å². The summed E-state index contributed by atoms with van der Waals surface area (Å²) < 4.78 is 30.4. The van der Waals surface area contributed by atoms with Crippen molar-refractivity contribution in [1.82, 2.24) is 10.2 Å². The van der Waals surface area contributed by atoms with Gasteiger partial charge < -0.3 is 19.9 Å². The zero-order valence-electron chi connectivity index (χ0n) is 18.3. The number of ether oxygens (including phenoxy) is 1. The Kier molecular flexibility index (Phi) is 8.17. The molecule has 1 aliphatic rings. The van der Waals surface area contributed by atoms with E-state index in [2.05, 4.69) is 26.2 Å². The molecule has 0 aromatic heterocycles. The highest BCUT2D eigenvalue weighted by molar-refractivity contribution is 7.91. The molecule has 3 rings (SSSR count). The van der Waals surface area contributed by atoms with Gasteiger partial charge >= 0.3 is 0 Å². The van der Waals surface area contributed by atoms with Crippen LogP contribution in [0.2, 0.25) is 0 Å². The maximum absolute atomic E-state index is 12.4. The SMILES string of the molecule is CCNC(=NCCCS(=O)(=O)c1ccccc1)N1CCN(c2ccccc2OC)CC1. The van der Waals surface area contributed by atoms with Gasteiger partial charge in [-0.2, -0.15) is 0 Å². The van der Waals surface area contributed by atoms with Crippen LogP contribution < -0.4 is 15.0 Å². The molecule has 8 heteroatoms. The molecule has 0 aliphatic carbocycles. The molecule has 1 saturated heterocycles. The van der Waals surface area contributed by atoms with E-state index < -0.39 is 9.84 Å². The minimum Gasteiger partial charge on any atom is -0.495 e. The first-order chi connectivity index (χ1) is 15.0. The second kappa shape index (κ2) is 11.0. The zero-order valence-corrected chi connectivity index (χ0v) is 19.1. The number of hydrogen-bond donors (Lipinski definition) is 1. The number of anilines is 1. The first-order valence-corrected chi connectivity index (χ1v) is 12.4. The summed E-state index contributed by atoms with van der Waals surface area (Å²) in [4.78, 5) is 9.62. The van der Waals surface area contributed by atoms with Crippen molar-refractivity contribution >= 4 is 21.5 Å². The van der Waals surface area contributed by atoms with Gasteiger partial charge in [0.05, 0.1) is 23.4 Å². The topological polar surface area (TPSA) is 74.2 Å². The summed E-state index contributed by atoms with van der Waals surface area (Å²) in [5.41, 5.74) is 1.11. The average Bonchev–Trinajstić information content (AvgIpc) is 2.82. The number of piperazine rings is 1. The molecule has 0 atom stereocenters. The Hall–Kier alpha value is -2.74. The molecule has 2 aromatic rings. The molecule has 1 fully saturated rings. The summed E-state index contributed by atoms with van der Waals surface area (Å²) in [7, 11) is -1.56. The van der Waals surface area contributed by atoms with E-state index in [1.807, 2.05) is 31.2 Å². The zero-order chi connectivity index (χ0) is 22.1. The molecule has 31 heavy (non-hydrogen) atoms. The molecule has 168 valence electrons. The van der Waals surface area contributed by atoms with Gasteiger partial charge in [-0.15, -0.1) is 0 Å².